The summed E-state index contributed by atoms with van der Waals surface area (Å²) < 4.78 is 21.4. The first kappa shape index (κ1) is 25.9. The highest BCUT2D eigenvalue weighted by Gasteiger charge is 2.40. The van der Waals surface area contributed by atoms with E-state index < -0.39 is 41.2 Å². The number of anilines is 1. The predicted octanol–water partition coefficient (Wildman–Crippen LogP) is 3.92. The van der Waals surface area contributed by atoms with Crippen LogP contribution in [0.1, 0.15) is 47.6 Å². The maximum atomic E-state index is 15.4. The molecule has 5 amide bonds. The van der Waals surface area contributed by atoms with Gasteiger partial charge in [-0.1, -0.05) is 11.6 Å². The SMILES string of the molecule is COc1cc(Cl)c2nc(C(C)(C)NC(=O)Nc3ccc4c(c3F)CN(C3CCC(=O)NC3=O)C4=O)sc2c1. The summed E-state index contributed by atoms with van der Waals surface area (Å²) in [7, 11) is 1.54. The summed E-state index contributed by atoms with van der Waals surface area (Å²) >= 11 is 7.67. The molecule has 0 bridgehead atoms. The van der Waals surface area contributed by atoms with E-state index in [1.54, 1.807) is 26.0 Å². The van der Waals surface area contributed by atoms with Crippen molar-refractivity contribution >= 4 is 62.6 Å². The van der Waals surface area contributed by atoms with Gasteiger partial charge in [0.15, 0.2) is 5.82 Å². The van der Waals surface area contributed by atoms with Crippen LogP contribution in [0.2, 0.25) is 5.02 Å². The van der Waals surface area contributed by atoms with Gasteiger partial charge in [-0.25, -0.2) is 14.2 Å². The summed E-state index contributed by atoms with van der Waals surface area (Å²) in [5, 5.41) is 8.51. The lowest BCUT2D eigenvalue weighted by Gasteiger charge is -2.29. The lowest BCUT2D eigenvalue weighted by atomic mass is 10.0. The van der Waals surface area contributed by atoms with Crippen molar-refractivity contribution in [3.05, 3.63) is 51.2 Å². The number of methoxy groups -OCH3 is 1. The van der Waals surface area contributed by atoms with Gasteiger partial charge in [0, 0.05) is 23.6 Å². The molecular formula is C25H23ClFN5O5S. The van der Waals surface area contributed by atoms with Crippen LogP contribution < -0.4 is 20.7 Å². The summed E-state index contributed by atoms with van der Waals surface area (Å²) in [5.41, 5.74) is -0.285. The lowest BCUT2D eigenvalue weighted by Crippen LogP contribution is -2.52. The highest BCUT2D eigenvalue weighted by atomic mass is 35.5. The molecule has 38 heavy (non-hydrogen) atoms. The number of nitrogens with zero attached hydrogens (tertiary/aromatic N) is 2. The molecule has 0 radical (unpaired) electrons. The van der Waals surface area contributed by atoms with Crippen molar-refractivity contribution in [3.63, 3.8) is 0 Å². The first-order valence-electron chi connectivity index (χ1n) is 11.7. The minimum atomic E-state index is -0.934. The Morgan fingerprint density at radius 1 is 1.29 bits per heavy atom. The molecule has 3 heterocycles. The Bertz CT molecular complexity index is 1520. The predicted molar refractivity (Wildman–Crippen MR) is 139 cm³/mol. The van der Waals surface area contributed by atoms with Crippen molar-refractivity contribution in [2.75, 3.05) is 12.4 Å². The van der Waals surface area contributed by atoms with E-state index in [-0.39, 0.29) is 36.2 Å². The number of urea groups is 1. The topological polar surface area (TPSA) is 130 Å². The van der Waals surface area contributed by atoms with Gasteiger partial charge in [0.05, 0.1) is 34.6 Å². The van der Waals surface area contributed by atoms with Gasteiger partial charge < -0.3 is 20.3 Å². The van der Waals surface area contributed by atoms with E-state index >= 15 is 4.39 Å². The fourth-order valence-corrected chi connectivity index (χ4v) is 5.93. The first-order chi connectivity index (χ1) is 18.0. The Kier molecular flexibility index (Phi) is 6.48. The summed E-state index contributed by atoms with van der Waals surface area (Å²) in [6.07, 6.45) is 0.258. The average molecular weight is 560 g/mol. The first-order valence-corrected chi connectivity index (χ1v) is 12.9. The largest absolute Gasteiger partial charge is 0.497 e. The quantitative estimate of drug-likeness (QED) is 0.406. The second-order valence-electron chi connectivity index (χ2n) is 9.53. The van der Waals surface area contributed by atoms with E-state index in [1.807, 2.05) is 0 Å². The third-order valence-corrected chi connectivity index (χ3v) is 8.13. The molecule has 1 aromatic heterocycles. The van der Waals surface area contributed by atoms with Gasteiger partial charge in [-0.15, -0.1) is 11.3 Å². The number of fused-ring (bicyclic) bond motifs is 2. The molecule has 10 nitrogen and oxygen atoms in total. The van der Waals surface area contributed by atoms with Crippen molar-refractivity contribution in [3.8, 4) is 5.75 Å². The van der Waals surface area contributed by atoms with E-state index in [0.717, 1.165) is 4.70 Å². The molecule has 5 rings (SSSR count). The monoisotopic (exact) mass is 559 g/mol. The molecule has 1 unspecified atom stereocenters. The van der Waals surface area contributed by atoms with Crippen LogP contribution in [0.25, 0.3) is 10.2 Å². The standard InChI is InChI=1S/C25H23ClFN5O5S/c1-25(2,23-30-20-14(26)8-11(37-3)9-17(20)38-23)31-24(36)28-15-5-4-12-13(19(15)27)10-32(22(12)35)16-6-7-18(33)29-21(16)34/h4-5,8-9,16H,6-7,10H2,1-3H3,(H2,28,31,36)(H,29,33,34). The highest BCUT2D eigenvalue weighted by molar-refractivity contribution is 7.18. The molecule has 1 atom stereocenters. The van der Waals surface area contributed by atoms with Crippen molar-refractivity contribution in [1.82, 2.24) is 20.5 Å². The number of carbonyl (C=O) groups excluding carboxylic acids is 4. The van der Waals surface area contributed by atoms with Crippen LogP contribution in [-0.4, -0.2) is 46.8 Å². The van der Waals surface area contributed by atoms with E-state index in [1.165, 1.54) is 35.5 Å². The fourth-order valence-electron chi connectivity index (χ4n) is 4.54. The molecule has 1 saturated heterocycles. The average Bonchev–Trinajstić information content (AvgIpc) is 3.43. The Balaban J connectivity index is 1.32. The van der Waals surface area contributed by atoms with Crippen LogP contribution in [-0.2, 0) is 21.7 Å². The number of hydrogen-bond donors (Lipinski definition) is 3. The molecule has 0 saturated carbocycles. The number of nitrogens with one attached hydrogen (secondary N) is 3. The van der Waals surface area contributed by atoms with Gasteiger partial charge in [-0.3, -0.25) is 19.7 Å². The molecule has 198 valence electrons. The molecule has 3 N–H and O–H groups in total. The van der Waals surface area contributed by atoms with E-state index in [9.17, 15) is 19.2 Å². The van der Waals surface area contributed by atoms with E-state index in [0.29, 0.717) is 21.3 Å². The zero-order valence-corrected chi connectivity index (χ0v) is 22.2. The summed E-state index contributed by atoms with van der Waals surface area (Å²) in [6, 6.07) is 4.63. The van der Waals surface area contributed by atoms with Crippen molar-refractivity contribution < 1.29 is 28.3 Å². The second-order valence-corrected chi connectivity index (χ2v) is 11.0. The zero-order chi connectivity index (χ0) is 27.4. The Morgan fingerprint density at radius 3 is 2.76 bits per heavy atom. The number of ether oxygens (including phenoxy) is 1. The van der Waals surface area contributed by atoms with Crippen molar-refractivity contribution in [2.24, 2.45) is 0 Å². The Morgan fingerprint density at radius 2 is 2.05 bits per heavy atom. The second kappa shape index (κ2) is 9.52. The van der Waals surface area contributed by atoms with Crippen LogP contribution in [0.5, 0.6) is 5.75 Å². The Labute approximate surface area is 225 Å². The van der Waals surface area contributed by atoms with Gasteiger partial charge >= 0.3 is 6.03 Å². The number of piperidine rings is 1. The van der Waals surface area contributed by atoms with Crippen LogP contribution in [0.3, 0.4) is 0 Å². The molecule has 1 fully saturated rings. The van der Waals surface area contributed by atoms with Crippen LogP contribution in [0.15, 0.2) is 24.3 Å². The summed E-state index contributed by atoms with van der Waals surface area (Å²) in [5.74, 6) is -1.68. The van der Waals surface area contributed by atoms with Gasteiger partial charge in [-0.2, -0.15) is 0 Å². The summed E-state index contributed by atoms with van der Waals surface area (Å²) in [4.78, 5) is 55.2. The van der Waals surface area contributed by atoms with E-state index in [2.05, 4.69) is 20.9 Å². The number of thiazole rings is 1. The van der Waals surface area contributed by atoms with Crippen LogP contribution >= 0.6 is 22.9 Å². The number of amides is 5. The van der Waals surface area contributed by atoms with Gasteiger partial charge in [0.1, 0.15) is 22.3 Å². The van der Waals surface area contributed by atoms with Crippen LogP contribution in [0, 0.1) is 5.82 Å². The number of halogens is 2. The molecule has 3 aromatic rings. The molecule has 13 heteroatoms. The lowest BCUT2D eigenvalue weighted by molar-refractivity contribution is -0.136. The van der Waals surface area contributed by atoms with Crippen molar-refractivity contribution in [1.29, 1.82) is 0 Å². The van der Waals surface area contributed by atoms with Gasteiger partial charge in [0.2, 0.25) is 11.8 Å². The number of carbonyl (C=O) groups is 4. The van der Waals surface area contributed by atoms with Crippen LogP contribution in [0.4, 0.5) is 14.9 Å². The van der Waals surface area contributed by atoms with Gasteiger partial charge in [0.25, 0.3) is 5.91 Å². The number of imide groups is 1. The number of rotatable bonds is 5. The minimum absolute atomic E-state index is 0.0755. The van der Waals surface area contributed by atoms with Gasteiger partial charge in [-0.05, 0) is 38.5 Å². The third-order valence-electron chi connectivity index (χ3n) is 6.52. The molecule has 2 aromatic carbocycles. The maximum absolute atomic E-state index is 15.4. The highest BCUT2D eigenvalue weighted by Crippen LogP contribution is 2.37. The van der Waals surface area contributed by atoms with Crippen molar-refractivity contribution in [2.45, 2.75) is 44.8 Å². The number of benzene rings is 2. The molecular weight excluding hydrogens is 537 g/mol. The summed E-state index contributed by atoms with van der Waals surface area (Å²) in [6.45, 7) is 3.36. The normalized spacial score (nSPS) is 17.4. The maximum Gasteiger partial charge on any atom is 0.320 e. The van der Waals surface area contributed by atoms with E-state index in [4.69, 9.17) is 16.3 Å². The smallest absolute Gasteiger partial charge is 0.320 e. The number of aromatic nitrogens is 1. The molecule has 0 aliphatic carbocycles. The molecule has 0 spiro atoms. The molecule has 2 aliphatic heterocycles. The molecule has 2 aliphatic rings. The minimum Gasteiger partial charge on any atom is -0.497 e. The number of hydrogen-bond acceptors (Lipinski definition) is 7. The third kappa shape index (κ3) is 4.54. The zero-order valence-electron chi connectivity index (χ0n) is 20.6. The Hall–Kier alpha value is -3.77. The fraction of sp³-hybridized carbons (Fsp3) is 0.320.